The Morgan fingerprint density at radius 3 is 2.74 bits per heavy atom. The van der Waals surface area contributed by atoms with Gasteiger partial charge in [-0.25, -0.2) is 4.39 Å². The number of methoxy groups -OCH3 is 1. The van der Waals surface area contributed by atoms with Crippen LogP contribution < -0.4 is 5.32 Å². The summed E-state index contributed by atoms with van der Waals surface area (Å²) < 4.78 is 18.8. The van der Waals surface area contributed by atoms with Crippen LogP contribution in [0.25, 0.3) is 0 Å². The Bertz CT molecular complexity index is 379. The molecule has 1 N–H and O–H groups in total. The molecule has 108 valence electrons. The lowest BCUT2D eigenvalue weighted by atomic mass is 9.81. The number of benzene rings is 1. The van der Waals surface area contributed by atoms with Gasteiger partial charge >= 0.3 is 0 Å². The first-order valence-corrected chi connectivity index (χ1v) is 7.03. The molecule has 1 unspecified atom stereocenters. The SMILES string of the molecule is CCC(C)(CNCCOC)Cc1c(F)cccc1Cl. The van der Waals surface area contributed by atoms with Gasteiger partial charge in [0, 0.05) is 30.8 Å². The maximum atomic E-state index is 13.8. The summed E-state index contributed by atoms with van der Waals surface area (Å²) in [4.78, 5) is 0. The second-order valence-corrected chi connectivity index (χ2v) is 5.62. The molecule has 0 aliphatic heterocycles. The molecule has 0 saturated heterocycles. The van der Waals surface area contributed by atoms with Gasteiger partial charge in [0.1, 0.15) is 5.82 Å². The zero-order valence-electron chi connectivity index (χ0n) is 11.9. The average Bonchev–Trinajstić information content (AvgIpc) is 2.39. The van der Waals surface area contributed by atoms with Crippen LogP contribution in [0.5, 0.6) is 0 Å². The number of rotatable bonds is 8. The van der Waals surface area contributed by atoms with Crippen LogP contribution in [0, 0.1) is 11.2 Å². The van der Waals surface area contributed by atoms with Gasteiger partial charge in [0.25, 0.3) is 0 Å². The molecule has 1 rings (SSSR count). The molecule has 0 bridgehead atoms. The predicted octanol–water partition coefficient (Wildman–Crippen LogP) is 3.67. The molecule has 1 aromatic rings. The molecule has 0 amide bonds. The lowest BCUT2D eigenvalue weighted by Crippen LogP contribution is -2.35. The highest BCUT2D eigenvalue weighted by molar-refractivity contribution is 6.31. The Kier molecular flexibility index (Phi) is 6.76. The van der Waals surface area contributed by atoms with Crippen LogP contribution in [0.15, 0.2) is 18.2 Å². The third kappa shape index (κ3) is 5.09. The molecule has 4 heteroatoms. The summed E-state index contributed by atoms with van der Waals surface area (Å²) in [6.45, 7) is 6.57. The fraction of sp³-hybridized carbons (Fsp3) is 0.600. The predicted molar refractivity (Wildman–Crippen MR) is 78.3 cm³/mol. The van der Waals surface area contributed by atoms with Crippen molar-refractivity contribution in [3.8, 4) is 0 Å². The summed E-state index contributed by atoms with van der Waals surface area (Å²) in [5, 5.41) is 3.86. The van der Waals surface area contributed by atoms with Crippen LogP contribution in [0.1, 0.15) is 25.8 Å². The molecular formula is C15H23ClFNO. The van der Waals surface area contributed by atoms with Gasteiger partial charge in [-0.05, 0) is 30.4 Å². The summed E-state index contributed by atoms with van der Waals surface area (Å²) in [5.41, 5.74) is 0.599. The third-order valence-corrected chi connectivity index (χ3v) is 3.91. The van der Waals surface area contributed by atoms with Crippen LogP contribution in [-0.2, 0) is 11.2 Å². The molecule has 0 radical (unpaired) electrons. The topological polar surface area (TPSA) is 21.3 Å². The standard InChI is InChI=1S/C15H23ClFNO/c1-4-15(2,11-18-8-9-19-3)10-12-13(16)6-5-7-14(12)17/h5-7,18H,4,8-11H2,1-3H3. The first-order valence-electron chi connectivity index (χ1n) is 6.65. The van der Waals surface area contributed by atoms with Gasteiger partial charge in [0.15, 0.2) is 0 Å². The van der Waals surface area contributed by atoms with Crippen molar-refractivity contribution in [2.24, 2.45) is 5.41 Å². The molecule has 0 fully saturated rings. The summed E-state index contributed by atoms with van der Waals surface area (Å²) in [7, 11) is 1.68. The Hall–Kier alpha value is -0.640. The Morgan fingerprint density at radius 1 is 1.42 bits per heavy atom. The van der Waals surface area contributed by atoms with Crippen molar-refractivity contribution in [1.29, 1.82) is 0 Å². The van der Waals surface area contributed by atoms with E-state index in [4.69, 9.17) is 16.3 Å². The first-order chi connectivity index (χ1) is 9.02. The van der Waals surface area contributed by atoms with Crippen LogP contribution in [0.2, 0.25) is 5.02 Å². The van der Waals surface area contributed by atoms with E-state index in [2.05, 4.69) is 19.2 Å². The van der Waals surface area contributed by atoms with Crippen LogP contribution in [-0.4, -0.2) is 26.8 Å². The van der Waals surface area contributed by atoms with Gasteiger partial charge in [0.05, 0.1) is 6.61 Å². The second kappa shape index (κ2) is 7.83. The van der Waals surface area contributed by atoms with Gasteiger partial charge in [-0.3, -0.25) is 0 Å². The van der Waals surface area contributed by atoms with E-state index in [0.29, 0.717) is 23.6 Å². The summed E-state index contributed by atoms with van der Waals surface area (Å²) in [5.74, 6) is -0.218. The highest BCUT2D eigenvalue weighted by atomic mass is 35.5. The van der Waals surface area contributed by atoms with E-state index >= 15 is 0 Å². The van der Waals surface area contributed by atoms with Crippen molar-refractivity contribution >= 4 is 11.6 Å². The zero-order chi connectivity index (χ0) is 14.3. The molecule has 0 saturated carbocycles. The van der Waals surface area contributed by atoms with Gasteiger partial charge in [0.2, 0.25) is 0 Å². The third-order valence-electron chi connectivity index (χ3n) is 3.55. The molecule has 1 aromatic carbocycles. The van der Waals surface area contributed by atoms with Crippen LogP contribution in [0.4, 0.5) is 4.39 Å². The van der Waals surface area contributed by atoms with E-state index in [1.54, 1.807) is 19.2 Å². The van der Waals surface area contributed by atoms with E-state index in [0.717, 1.165) is 19.5 Å². The van der Waals surface area contributed by atoms with Gasteiger partial charge in [-0.2, -0.15) is 0 Å². The van der Waals surface area contributed by atoms with Crippen molar-refractivity contribution in [3.63, 3.8) is 0 Å². The average molecular weight is 288 g/mol. The maximum Gasteiger partial charge on any atom is 0.127 e. The molecule has 0 spiro atoms. The van der Waals surface area contributed by atoms with E-state index in [9.17, 15) is 4.39 Å². The molecule has 1 atom stereocenters. The monoisotopic (exact) mass is 287 g/mol. The van der Waals surface area contributed by atoms with Crippen molar-refractivity contribution in [1.82, 2.24) is 5.32 Å². The summed E-state index contributed by atoms with van der Waals surface area (Å²) in [6.07, 6.45) is 1.59. The van der Waals surface area contributed by atoms with E-state index in [1.165, 1.54) is 6.07 Å². The smallest absolute Gasteiger partial charge is 0.127 e. The minimum absolute atomic E-state index is 0.0143. The maximum absolute atomic E-state index is 13.8. The fourth-order valence-corrected chi connectivity index (χ4v) is 2.23. The van der Waals surface area contributed by atoms with Crippen LogP contribution in [0.3, 0.4) is 0 Å². The second-order valence-electron chi connectivity index (χ2n) is 5.21. The largest absolute Gasteiger partial charge is 0.383 e. The number of halogens is 2. The Labute approximate surface area is 120 Å². The minimum Gasteiger partial charge on any atom is -0.383 e. The van der Waals surface area contributed by atoms with Gasteiger partial charge in [-0.15, -0.1) is 0 Å². The molecule has 0 aromatic heterocycles. The summed E-state index contributed by atoms with van der Waals surface area (Å²) in [6, 6.07) is 4.85. The Balaban J connectivity index is 2.69. The fourth-order valence-electron chi connectivity index (χ4n) is 2.00. The van der Waals surface area contributed by atoms with Gasteiger partial charge in [-0.1, -0.05) is 31.5 Å². The van der Waals surface area contributed by atoms with Gasteiger partial charge < -0.3 is 10.1 Å². The normalized spacial score (nSPS) is 14.4. The van der Waals surface area contributed by atoms with Crippen molar-refractivity contribution < 1.29 is 9.13 Å². The molecule has 0 aliphatic carbocycles. The van der Waals surface area contributed by atoms with E-state index in [1.807, 2.05) is 0 Å². The molecule has 2 nitrogen and oxygen atoms in total. The lowest BCUT2D eigenvalue weighted by molar-refractivity contribution is 0.191. The molecule has 19 heavy (non-hydrogen) atoms. The highest BCUT2D eigenvalue weighted by Gasteiger charge is 2.24. The number of nitrogens with one attached hydrogen (secondary N) is 1. The molecular weight excluding hydrogens is 265 g/mol. The van der Waals surface area contributed by atoms with E-state index in [-0.39, 0.29) is 11.2 Å². The van der Waals surface area contributed by atoms with Crippen molar-refractivity contribution in [3.05, 3.63) is 34.6 Å². The molecule has 0 aliphatic rings. The van der Waals surface area contributed by atoms with E-state index < -0.39 is 0 Å². The number of hydrogen-bond donors (Lipinski definition) is 1. The highest BCUT2D eigenvalue weighted by Crippen LogP contribution is 2.30. The zero-order valence-corrected chi connectivity index (χ0v) is 12.7. The summed E-state index contributed by atoms with van der Waals surface area (Å²) >= 11 is 6.10. The number of hydrogen-bond acceptors (Lipinski definition) is 2. The minimum atomic E-state index is -0.218. The number of ether oxygens (including phenoxy) is 1. The Morgan fingerprint density at radius 2 is 2.16 bits per heavy atom. The van der Waals surface area contributed by atoms with Crippen LogP contribution >= 0.6 is 11.6 Å². The lowest BCUT2D eigenvalue weighted by Gasteiger charge is -2.29. The van der Waals surface area contributed by atoms with Crippen molar-refractivity contribution in [2.45, 2.75) is 26.7 Å². The quantitative estimate of drug-likeness (QED) is 0.737. The molecule has 0 heterocycles. The first kappa shape index (κ1) is 16.4. The van der Waals surface area contributed by atoms with Crippen molar-refractivity contribution in [2.75, 3.05) is 26.8 Å².